The number of carbonyl (C=O) groups is 1. The maximum atomic E-state index is 13.0. The van der Waals surface area contributed by atoms with Gasteiger partial charge in [-0.25, -0.2) is 9.18 Å². The highest BCUT2D eigenvalue weighted by Gasteiger charge is 2.23. The average molecular weight is 281 g/mol. The zero-order valence-corrected chi connectivity index (χ0v) is 10.2. The Morgan fingerprint density at radius 3 is 2.90 bits per heavy atom. The van der Waals surface area contributed by atoms with Crippen LogP contribution in [0, 0.1) is 15.9 Å². The van der Waals surface area contributed by atoms with Crippen molar-refractivity contribution >= 4 is 11.7 Å². The molecule has 0 saturated heterocycles. The second-order valence-electron chi connectivity index (χ2n) is 3.55. The number of hydrogen-bond acceptors (Lipinski definition) is 7. The fraction of sp³-hybridized carbons (Fsp3) is 0.182. The number of halogens is 1. The first-order chi connectivity index (χ1) is 9.52. The highest BCUT2D eigenvalue weighted by atomic mass is 19.1. The van der Waals surface area contributed by atoms with Gasteiger partial charge in [0.1, 0.15) is 11.4 Å². The fourth-order valence-corrected chi connectivity index (χ4v) is 1.44. The lowest BCUT2D eigenvalue weighted by Crippen LogP contribution is -2.04. The molecule has 104 valence electrons. The predicted molar refractivity (Wildman–Crippen MR) is 62.3 cm³/mol. The molecule has 0 atom stereocenters. The second-order valence-corrected chi connectivity index (χ2v) is 3.55. The van der Waals surface area contributed by atoms with Gasteiger partial charge in [0.15, 0.2) is 0 Å². The summed E-state index contributed by atoms with van der Waals surface area (Å²) in [5.41, 5.74) is -0.622. The molecular weight excluding hydrogens is 273 g/mol. The maximum absolute atomic E-state index is 13.0. The third-order valence-corrected chi connectivity index (χ3v) is 2.26. The molecule has 0 unspecified atom stereocenters. The third-order valence-electron chi connectivity index (χ3n) is 2.26. The van der Waals surface area contributed by atoms with E-state index in [9.17, 15) is 19.3 Å². The van der Waals surface area contributed by atoms with Crippen LogP contribution >= 0.6 is 0 Å². The number of benzene rings is 1. The van der Waals surface area contributed by atoms with Crippen molar-refractivity contribution < 1.29 is 23.3 Å². The van der Waals surface area contributed by atoms with E-state index < -0.39 is 28.3 Å². The van der Waals surface area contributed by atoms with Gasteiger partial charge in [-0.05, 0) is 19.1 Å². The first-order valence-corrected chi connectivity index (χ1v) is 5.48. The molecular formula is C11H8FN3O5. The normalized spacial score (nSPS) is 10.3. The standard InChI is InChI=1S/C11H8FN3O5/c1-2-19-11(16)10-14-13-9(20-10)7-4-3-6(12)5-8(7)15(17)18/h3-5H,2H2,1H3. The van der Waals surface area contributed by atoms with E-state index in [4.69, 9.17) is 4.42 Å². The monoisotopic (exact) mass is 281 g/mol. The van der Waals surface area contributed by atoms with Crippen LogP contribution in [0.5, 0.6) is 0 Å². The Kier molecular flexibility index (Phi) is 3.69. The van der Waals surface area contributed by atoms with E-state index in [1.807, 2.05) is 0 Å². The van der Waals surface area contributed by atoms with E-state index in [0.29, 0.717) is 0 Å². The SMILES string of the molecule is CCOC(=O)c1nnc(-c2ccc(F)cc2[N+](=O)[O-])o1. The van der Waals surface area contributed by atoms with E-state index in [2.05, 4.69) is 14.9 Å². The van der Waals surface area contributed by atoms with Gasteiger partial charge >= 0.3 is 11.9 Å². The van der Waals surface area contributed by atoms with Gasteiger partial charge in [-0.2, -0.15) is 0 Å². The first kappa shape index (κ1) is 13.6. The van der Waals surface area contributed by atoms with Gasteiger partial charge in [0.2, 0.25) is 0 Å². The highest BCUT2D eigenvalue weighted by molar-refractivity contribution is 5.84. The van der Waals surface area contributed by atoms with Crippen molar-refractivity contribution in [2.45, 2.75) is 6.92 Å². The van der Waals surface area contributed by atoms with Crippen LogP contribution in [0.15, 0.2) is 22.6 Å². The number of aromatic nitrogens is 2. The Labute approximate surface area is 111 Å². The van der Waals surface area contributed by atoms with Crippen molar-refractivity contribution in [2.24, 2.45) is 0 Å². The zero-order chi connectivity index (χ0) is 14.7. The van der Waals surface area contributed by atoms with Gasteiger partial charge < -0.3 is 9.15 Å². The third kappa shape index (κ3) is 2.60. The van der Waals surface area contributed by atoms with Crippen molar-refractivity contribution in [3.05, 3.63) is 40.0 Å². The molecule has 0 aliphatic heterocycles. The van der Waals surface area contributed by atoms with Crippen LogP contribution in [-0.2, 0) is 4.74 Å². The lowest BCUT2D eigenvalue weighted by Gasteiger charge is -1.98. The molecule has 0 N–H and O–H groups in total. The summed E-state index contributed by atoms with van der Waals surface area (Å²) in [5.74, 6) is -2.30. The van der Waals surface area contributed by atoms with Crippen LogP contribution < -0.4 is 0 Å². The lowest BCUT2D eigenvalue weighted by atomic mass is 10.2. The summed E-state index contributed by atoms with van der Waals surface area (Å²) >= 11 is 0. The summed E-state index contributed by atoms with van der Waals surface area (Å²) in [7, 11) is 0. The molecule has 1 heterocycles. The van der Waals surface area contributed by atoms with Crippen LogP contribution in [0.1, 0.15) is 17.6 Å². The average Bonchev–Trinajstić information content (AvgIpc) is 2.88. The minimum Gasteiger partial charge on any atom is -0.459 e. The first-order valence-electron chi connectivity index (χ1n) is 5.48. The molecule has 0 aliphatic carbocycles. The predicted octanol–water partition coefficient (Wildman–Crippen LogP) is 1.96. The van der Waals surface area contributed by atoms with E-state index >= 15 is 0 Å². The van der Waals surface area contributed by atoms with Crippen LogP contribution in [-0.4, -0.2) is 27.7 Å². The molecule has 1 aromatic heterocycles. The molecule has 1 aromatic carbocycles. The molecule has 0 amide bonds. The molecule has 0 fully saturated rings. The van der Waals surface area contributed by atoms with Crippen molar-refractivity contribution in [2.75, 3.05) is 6.61 Å². The molecule has 8 nitrogen and oxygen atoms in total. The summed E-state index contributed by atoms with van der Waals surface area (Å²) in [4.78, 5) is 21.4. The molecule has 0 saturated carbocycles. The number of rotatable bonds is 4. The van der Waals surface area contributed by atoms with Crippen molar-refractivity contribution in [3.63, 3.8) is 0 Å². The maximum Gasteiger partial charge on any atom is 0.396 e. The van der Waals surface area contributed by atoms with Gasteiger partial charge in [-0.3, -0.25) is 10.1 Å². The van der Waals surface area contributed by atoms with E-state index in [1.165, 1.54) is 0 Å². The van der Waals surface area contributed by atoms with Crippen LogP contribution in [0.2, 0.25) is 0 Å². The minimum absolute atomic E-state index is 0.0838. The van der Waals surface area contributed by atoms with Gasteiger partial charge in [0, 0.05) is 0 Å². The van der Waals surface area contributed by atoms with Crippen molar-refractivity contribution in [3.8, 4) is 11.5 Å². The number of nitrogens with zero attached hydrogens (tertiary/aromatic N) is 3. The molecule has 0 spiro atoms. The summed E-state index contributed by atoms with van der Waals surface area (Å²) in [6, 6.07) is 2.86. The molecule has 0 bridgehead atoms. The van der Waals surface area contributed by atoms with Gasteiger partial charge in [0.25, 0.3) is 11.6 Å². The fourth-order valence-electron chi connectivity index (χ4n) is 1.44. The van der Waals surface area contributed by atoms with E-state index in [0.717, 1.165) is 18.2 Å². The zero-order valence-electron chi connectivity index (χ0n) is 10.2. The number of hydrogen-bond donors (Lipinski definition) is 0. The summed E-state index contributed by atoms with van der Waals surface area (Å²) in [6.45, 7) is 1.72. The summed E-state index contributed by atoms with van der Waals surface area (Å²) in [5, 5.41) is 17.8. The second kappa shape index (κ2) is 5.43. The smallest absolute Gasteiger partial charge is 0.396 e. The number of carbonyl (C=O) groups excluding carboxylic acids is 1. The van der Waals surface area contributed by atoms with E-state index in [-0.39, 0.29) is 18.1 Å². The lowest BCUT2D eigenvalue weighted by molar-refractivity contribution is -0.384. The Hall–Kier alpha value is -2.84. The summed E-state index contributed by atoms with van der Waals surface area (Å²) < 4.78 is 22.6. The van der Waals surface area contributed by atoms with Gasteiger partial charge in [0.05, 0.1) is 17.6 Å². The molecule has 20 heavy (non-hydrogen) atoms. The molecule has 2 aromatic rings. The number of nitro benzene ring substituents is 1. The molecule has 2 rings (SSSR count). The van der Waals surface area contributed by atoms with Crippen LogP contribution in [0.3, 0.4) is 0 Å². The number of ether oxygens (including phenoxy) is 1. The minimum atomic E-state index is -0.837. The van der Waals surface area contributed by atoms with Crippen LogP contribution in [0.4, 0.5) is 10.1 Å². The topological polar surface area (TPSA) is 108 Å². The quantitative estimate of drug-likeness (QED) is 0.478. The summed E-state index contributed by atoms with van der Waals surface area (Å²) in [6.07, 6.45) is 0. The Bertz CT molecular complexity index is 670. The number of esters is 1. The molecule has 0 aliphatic rings. The highest BCUT2D eigenvalue weighted by Crippen LogP contribution is 2.29. The Morgan fingerprint density at radius 2 is 2.25 bits per heavy atom. The van der Waals surface area contributed by atoms with Gasteiger partial charge in [-0.15, -0.1) is 10.2 Å². The molecule has 0 radical (unpaired) electrons. The van der Waals surface area contributed by atoms with Crippen molar-refractivity contribution in [1.29, 1.82) is 0 Å². The van der Waals surface area contributed by atoms with Gasteiger partial charge in [-0.1, -0.05) is 0 Å². The molecule has 9 heteroatoms. The van der Waals surface area contributed by atoms with Crippen molar-refractivity contribution in [1.82, 2.24) is 10.2 Å². The Balaban J connectivity index is 2.42. The number of nitro groups is 1. The largest absolute Gasteiger partial charge is 0.459 e. The van der Waals surface area contributed by atoms with E-state index in [1.54, 1.807) is 6.92 Å². The van der Waals surface area contributed by atoms with Crippen LogP contribution in [0.25, 0.3) is 11.5 Å². The Morgan fingerprint density at radius 1 is 1.50 bits per heavy atom.